The molecule has 1 atom stereocenters. The Morgan fingerprint density at radius 2 is 1.75 bits per heavy atom. The van der Waals surface area contributed by atoms with Gasteiger partial charge in [-0.1, -0.05) is 54.8 Å². The summed E-state index contributed by atoms with van der Waals surface area (Å²) in [6.45, 7) is 7.32. The molecule has 0 amide bonds. The van der Waals surface area contributed by atoms with Crippen LogP contribution in [-0.4, -0.2) is 29.6 Å². The van der Waals surface area contributed by atoms with Crippen molar-refractivity contribution in [3.8, 4) is 0 Å². The van der Waals surface area contributed by atoms with Gasteiger partial charge in [-0.05, 0) is 43.6 Å². The van der Waals surface area contributed by atoms with Crippen LogP contribution in [0.25, 0.3) is 0 Å². The normalized spacial score (nSPS) is 12.2. The smallest absolute Gasteiger partial charge is 0.0917 e. The first-order valence-corrected chi connectivity index (χ1v) is 8.12. The summed E-state index contributed by atoms with van der Waals surface area (Å²) in [5, 5.41) is 10.4. The van der Waals surface area contributed by atoms with E-state index < -0.39 is 6.10 Å². The van der Waals surface area contributed by atoms with Crippen molar-refractivity contribution in [1.82, 2.24) is 4.90 Å². The monoisotopic (exact) mass is 363 g/mol. The summed E-state index contributed by atoms with van der Waals surface area (Å²) >= 11 is 3.46. The van der Waals surface area contributed by atoms with Gasteiger partial charge in [0.15, 0.2) is 0 Å². The van der Waals surface area contributed by atoms with Crippen LogP contribution in [0.5, 0.6) is 0 Å². The van der Waals surface area contributed by atoms with Gasteiger partial charge in [-0.15, -0.1) is 12.4 Å². The van der Waals surface area contributed by atoms with Crippen LogP contribution < -0.4 is 0 Å². The third-order valence-corrected chi connectivity index (χ3v) is 3.81. The first-order valence-electron chi connectivity index (χ1n) is 7.33. The van der Waals surface area contributed by atoms with Gasteiger partial charge in [-0.2, -0.15) is 0 Å². The van der Waals surface area contributed by atoms with Gasteiger partial charge in [0.25, 0.3) is 0 Å². The number of aliphatic hydroxyl groups excluding tert-OH is 1. The highest BCUT2D eigenvalue weighted by molar-refractivity contribution is 9.10. The third kappa shape index (κ3) is 7.63. The Morgan fingerprint density at radius 1 is 1.15 bits per heavy atom. The quantitative estimate of drug-likeness (QED) is 0.680. The van der Waals surface area contributed by atoms with Crippen molar-refractivity contribution in [3.05, 3.63) is 34.3 Å². The molecular formula is C16H27BrClNO. The summed E-state index contributed by atoms with van der Waals surface area (Å²) in [5.41, 5.74) is 0.993. The minimum atomic E-state index is -0.397. The Labute approximate surface area is 138 Å². The zero-order chi connectivity index (χ0) is 14.1. The van der Waals surface area contributed by atoms with Crippen molar-refractivity contribution in [2.24, 2.45) is 0 Å². The average molecular weight is 365 g/mol. The Hall–Kier alpha value is -0.0900. The molecule has 0 heterocycles. The number of benzene rings is 1. The second-order valence-corrected chi connectivity index (χ2v) is 5.99. The van der Waals surface area contributed by atoms with Crippen LogP contribution in [0, 0.1) is 0 Å². The van der Waals surface area contributed by atoms with Crippen molar-refractivity contribution >= 4 is 28.3 Å². The molecule has 1 N–H and O–H groups in total. The zero-order valence-electron chi connectivity index (χ0n) is 12.5. The predicted molar refractivity (Wildman–Crippen MR) is 92.6 cm³/mol. The fraction of sp³-hybridized carbons (Fsp3) is 0.625. The van der Waals surface area contributed by atoms with Crippen LogP contribution >= 0.6 is 28.3 Å². The SMILES string of the molecule is CCCCN(CCCC)CC(O)c1cccc(Br)c1.Cl. The Kier molecular flexibility index (Phi) is 11.5. The summed E-state index contributed by atoms with van der Waals surface area (Å²) in [6, 6.07) is 7.96. The molecule has 0 spiro atoms. The molecule has 1 aromatic carbocycles. The van der Waals surface area contributed by atoms with Crippen LogP contribution in [0.1, 0.15) is 51.2 Å². The molecule has 0 saturated carbocycles. The minimum Gasteiger partial charge on any atom is -0.387 e. The van der Waals surface area contributed by atoms with Gasteiger partial charge < -0.3 is 10.0 Å². The molecule has 1 aromatic rings. The van der Waals surface area contributed by atoms with E-state index in [9.17, 15) is 5.11 Å². The van der Waals surface area contributed by atoms with Crippen molar-refractivity contribution in [2.45, 2.75) is 45.6 Å². The van der Waals surface area contributed by atoms with Crippen LogP contribution in [0.15, 0.2) is 28.7 Å². The van der Waals surface area contributed by atoms with Gasteiger partial charge in [-0.25, -0.2) is 0 Å². The molecule has 0 aliphatic heterocycles. The van der Waals surface area contributed by atoms with Gasteiger partial charge in [0.1, 0.15) is 0 Å². The first-order chi connectivity index (χ1) is 9.17. The van der Waals surface area contributed by atoms with Crippen LogP contribution in [0.3, 0.4) is 0 Å². The zero-order valence-corrected chi connectivity index (χ0v) is 14.9. The fourth-order valence-electron chi connectivity index (χ4n) is 2.12. The van der Waals surface area contributed by atoms with Gasteiger partial charge in [-0.3, -0.25) is 0 Å². The minimum absolute atomic E-state index is 0. The van der Waals surface area contributed by atoms with Gasteiger partial charge in [0.05, 0.1) is 6.10 Å². The van der Waals surface area contributed by atoms with Gasteiger partial charge >= 0.3 is 0 Å². The molecule has 0 fully saturated rings. The highest BCUT2D eigenvalue weighted by Crippen LogP contribution is 2.19. The molecule has 0 bridgehead atoms. The number of rotatable bonds is 9. The molecule has 116 valence electrons. The molecular weight excluding hydrogens is 338 g/mol. The number of nitrogens with zero attached hydrogens (tertiary/aromatic N) is 1. The maximum absolute atomic E-state index is 10.4. The second-order valence-electron chi connectivity index (χ2n) is 5.08. The number of hydrogen-bond donors (Lipinski definition) is 1. The lowest BCUT2D eigenvalue weighted by Gasteiger charge is -2.25. The van der Waals surface area contributed by atoms with Crippen LogP contribution in [-0.2, 0) is 0 Å². The Morgan fingerprint density at radius 3 is 2.25 bits per heavy atom. The number of hydrogen-bond acceptors (Lipinski definition) is 2. The van der Waals surface area contributed by atoms with Crippen molar-refractivity contribution in [1.29, 1.82) is 0 Å². The van der Waals surface area contributed by atoms with E-state index in [2.05, 4.69) is 34.7 Å². The molecule has 4 heteroatoms. The number of aliphatic hydroxyl groups is 1. The maximum atomic E-state index is 10.4. The first kappa shape index (κ1) is 19.9. The molecule has 0 radical (unpaired) electrons. The van der Waals surface area contributed by atoms with E-state index in [4.69, 9.17) is 0 Å². The van der Waals surface area contributed by atoms with E-state index in [1.54, 1.807) is 0 Å². The highest BCUT2D eigenvalue weighted by Gasteiger charge is 2.13. The molecule has 0 aliphatic carbocycles. The lowest BCUT2D eigenvalue weighted by molar-refractivity contribution is 0.111. The van der Waals surface area contributed by atoms with E-state index in [0.29, 0.717) is 0 Å². The molecule has 1 rings (SSSR count). The Balaban J connectivity index is 0.00000361. The summed E-state index contributed by atoms with van der Waals surface area (Å²) in [7, 11) is 0. The maximum Gasteiger partial charge on any atom is 0.0917 e. The molecule has 20 heavy (non-hydrogen) atoms. The topological polar surface area (TPSA) is 23.5 Å². The van der Waals surface area contributed by atoms with E-state index in [-0.39, 0.29) is 12.4 Å². The van der Waals surface area contributed by atoms with Crippen LogP contribution in [0.4, 0.5) is 0 Å². The largest absolute Gasteiger partial charge is 0.387 e. The lowest BCUT2D eigenvalue weighted by atomic mass is 10.1. The highest BCUT2D eigenvalue weighted by atomic mass is 79.9. The average Bonchev–Trinajstić information content (AvgIpc) is 2.41. The van der Waals surface area contributed by atoms with Gasteiger partial charge in [0.2, 0.25) is 0 Å². The van der Waals surface area contributed by atoms with E-state index in [1.165, 1.54) is 25.7 Å². The summed E-state index contributed by atoms with van der Waals surface area (Å²) < 4.78 is 1.03. The summed E-state index contributed by atoms with van der Waals surface area (Å²) in [6.07, 6.45) is 4.42. The van der Waals surface area contributed by atoms with E-state index >= 15 is 0 Å². The number of unbranched alkanes of at least 4 members (excludes halogenated alkanes) is 2. The summed E-state index contributed by atoms with van der Waals surface area (Å²) in [5.74, 6) is 0. The van der Waals surface area contributed by atoms with Gasteiger partial charge in [0, 0.05) is 11.0 Å². The van der Waals surface area contributed by atoms with Crippen molar-refractivity contribution in [3.63, 3.8) is 0 Å². The molecule has 0 aromatic heterocycles. The molecule has 2 nitrogen and oxygen atoms in total. The van der Waals surface area contributed by atoms with E-state index in [1.807, 2.05) is 24.3 Å². The second kappa shape index (κ2) is 11.6. The Bertz CT molecular complexity index is 354. The molecule has 0 saturated heterocycles. The standard InChI is InChI=1S/C16H26BrNO.ClH/c1-3-5-10-18(11-6-4-2)13-16(19)14-8-7-9-15(17)12-14;/h7-9,12,16,19H,3-6,10-11,13H2,1-2H3;1H. The predicted octanol–water partition coefficient (Wildman–Crippen LogP) is 4.81. The molecule has 1 unspecified atom stereocenters. The van der Waals surface area contributed by atoms with Crippen LogP contribution in [0.2, 0.25) is 0 Å². The molecule has 0 aliphatic rings. The number of halogens is 2. The fourth-order valence-corrected chi connectivity index (χ4v) is 2.54. The van der Waals surface area contributed by atoms with E-state index in [0.717, 1.165) is 29.7 Å². The third-order valence-electron chi connectivity index (χ3n) is 3.32. The lowest BCUT2D eigenvalue weighted by Crippen LogP contribution is -2.30. The van der Waals surface area contributed by atoms with Crippen molar-refractivity contribution < 1.29 is 5.11 Å². The summed E-state index contributed by atoms with van der Waals surface area (Å²) in [4.78, 5) is 2.39. The van der Waals surface area contributed by atoms with Crippen molar-refractivity contribution in [2.75, 3.05) is 19.6 Å².